The molecule has 0 saturated heterocycles. The number of fused-ring (bicyclic) bond motifs is 1. The molecule has 0 unspecified atom stereocenters. The number of benzene rings is 1. The molecule has 0 aromatic heterocycles. The van der Waals surface area contributed by atoms with E-state index in [1.807, 2.05) is 6.92 Å². The molecule has 16 heavy (non-hydrogen) atoms. The lowest BCUT2D eigenvalue weighted by Crippen LogP contribution is -2.40. The van der Waals surface area contributed by atoms with Gasteiger partial charge in [-0.15, -0.1) is 0 Å². The van der Waals surface area contributed by atoms with Gasteiger partial charge in [-0.05, 0) is 43.7 Å². The predicted octanol–water partition coefficient (Wildman–Crippen LogP) is 2.30. The molecule has 0 heterocycles. The molecule has 0 amide bonds. The van der Waals surface area contributed by atoms with Crippen molar-refractivity contribution in [2.45, 2.75) is 38.1 Å². The van der Waals surface area contributed by atoms with Gasteiger partial charge in [0, 0.05) is 18.8 Å². The fourth-order valence-electron chi connectivity index (χ4n) is 2.57. The Bertz CT molecular complexity index is 323. The van der Waals surface area contributed by atoms with E-state index in [0.717, 1.165) is 38.9 Å². The van der Waals surface area contributed by atoms with E-state index in [0.29, 0.717) is 0 Å². The maximum absolute atomic E-state index is 6.44. The van der Waals surface area contributed by atoms with Crippen LogP contribution in [-0.2, 0) is 17.6 Å². The Balaban J connectivity index is 1.88. The van der Waals surface area contributed by atoms with E-state index >= 15 is 0 Å². The Hall–Kier alpha value is -0.860. The van der Waals surface area contributed by atoms with E-state index in [1.54, 1.807) is 0 Å². The van der Waals surface area contributed by atoms with Gasteiger partial charge in [-0.1, -0.05) is 24.3 Å². The van der Waals surface area contributed by atoms with Gasteiger partial charge in [0.25, 0.3) is 0 Å². The molecule has 1 aromatic carbocycles. The van der Waals surface area contributed by atoms with Crippen LogP contribution in [0.5, 0.6) is 0 Å². The van der Waals surface area contributed by atoms with Gasteiger partial charge in [0.05, 0.1) is 0 Å². The molecule has 0 saturated carbocycles. The standard InChI is InChI=1S/C14H21NO/c1-2-16-9-5-8-14(15)10-12-6-3-4-7-13(12)11-14/h3-4,6-7H,2,5,8-11,15H2,1H3. The van der Waals surface area contributed by atoms with Gasteiger partial charge in [-0.2, -0.15) is 0 Å². The second-order valence-electron chi connectivity index (χ2n) is 4.79. The molecular weight excluding hydrogens is 198 g/mol. The topological polar surface area (TPSA) is 35.2 Å². The van der Waals surface area contributed by atoms with Gasteiger partial charge in [-0.25, -0.2) is 0 Å². The molecule has 88 valence electrons. The first-order valence-corrected chi connectivity index (χ1v) is 6.17. The number of hydrogen-bond donors (Lipinski definition) is 1. The zero-order valence-electron chi connectivity index (χ0n) is 10.0. The van der Waals surface area contributed by atoms with Crippen molar-refractivity contribution in [2.75, 3.05) is 13.2 Å². The van der Waals surface area contributed by atoms with Crippen LogP contribution >= 0.6 is 0 Å². The smallest absolute Gasteiger partial charge is 0.0466 e. The Labute approximate surface area is 97.8 Å². The van der Waals surface area contributed by atoms with Crippen LogP contribution < -0.4 is 5.73 Å². The van der Waals surface area contributed by atoms with Crippen LogP contribution in [-0.4, -0.2) is 18.8 Å². The van der Waals surface area contributed by atoms with Crippen LogP contribution in [0.3, 0.4) is 0 Å². The van der Waals surface area contributed by atoms with Crippen molar-refractivity contribution in [1.29, 1.82) is 0 Å². The van der Waals surface area contributed by atoms with Crippen molar-refractivity contribution in [3.63, 3.8) is 0 Å². The highest BCUT2D eigenvalue weighted by Gasteiger charge is 2.32. The average Bonchev–Trinajstić information content (AvgIpc) is 2.61. The third-order valence-corrected chi connectivity index (χ3v) is 3.37. The van der Waals surface area contributed by atoms with Gasteiger partial charge in [0.2, 0.25) is 0 Å². The van der Waals surface area contributed by atoms with E-state index in [9.17, 15) is 0 Å². The molecule has 2 rings (SSSR count). The summed E-state index contributed by atoms with van der Waals surface area (Å²) < 4.78 is 5.36. The van der Waals surface area contributed by atoms with Gasteiger partial charge < -0.3 is 10.5 Å². The molecule has 0 spiro atoms. The summed E-state index contributed by atoms with van der Waals surface area (Å²) in [5.41, 5.74) is 9.27. The third-order valence-electron chi connectivity index (χ3n) is 3.37. The van der Waals surface area contributed by atoms with Crippen molar-refractivity contribution >= 4 is 0 Å². The van der Waals surface area contributed by atoms with Crippen LogP contribution in [0.2, 0.25) is 0 Å². The van der Waals surface area contributed by atoms with Crippen LogP contribution in [0.25, 0.3) is 0 Å². The minimum absolute atomic E-state index is 0.0270. The fraction of sp³-hybridized carbons (Fsp3) is 0.571. The lowest BCUT2D eigenvalue weighted by Gasteiger charge is -2.23. The largest absolute Gasteiger partial charge is 0.382 e. The lowest BCUT2D eigenvalue weighted by molar-refractivity contribution is 0.137. The minimum atomic E-state index is -0.0270. The first-order valence-electron chi connectivity index (χ1n) is 6.17. The lowest BCUT2D eigenvalue weighted by atomic mass is 9.91. The first kappa shape index (κ1) is 11.6. The predicted molar refractivity (Wildman–Crippen MR) is 66.5 cm³/mol. The minimum Gasteiger partial charge on any atom is -0.382 e. The van der Waals surface area contributed by atoms with Crippen LogP contribution in [0.4, 0.5) is 0 Å². The molecule has 0 bridgehead atoms. The van der Waals surface area contributed by atoms with Crippen molar-refractivity contribution in [3.05, 3.63) is 35.4 Å². The quantitative estimate of drug-likeness (QED) is 0.771. The maximum Gasteiger partial charge on any atom is 0.0466 e. The highest BCUT2D eigenvalue weighted by molar-refractivity contribution is 5.35. The molecular formula is C14H21NO. The molecule has 0 aliphatic heterocycles. The Kier molecular flexibility index (Phi) is 3.62. The monoisotopic (exact) mass is 219 g/mol. The number of hydrogen-bond acceptors (Lipinski definition) is 2. The number of rotatable bonds is 5. The van der Waals surface area contributed by atoms with Gasteiger partial charge in [-0.3, -0.25) is 0 Å². The summed E-state index contributed by atoms with van der Waals surface area (Å²) in [5, 5.41) is 0. The highest BCUT2D eigenvalue weighted by atomic mass is 16.5. The van der Waals surface area contributed by atoms with Crippen molar-refractivity contribution in [1.82, 2.24) is 0 Å². The van der Waals surface area contributed by atoms with E-state index in [-0.39, 0.29) is 5.54 Å². The summed E-state index contributed by atoms with van der Waals surface area (Å²) in [7, 11) is 0. The second-order valence-corrected chi connectivity index (χ2v) is 4.79. The highest BCUT2D eigenvalue weighted by Crippen LogP contribution is 2.31. The number of nitrogens with two attached hydrogens (primary N) is 1. The molecule has 2 N–H and O–H groups in total. The molecule has 0 atom stereocenters. The summed E-state index contributed by atoms with van der Waals surface area (Å²) >= 11 is 0. The van der Waals surface area contributed by atoms with Gasteiger partial charge in [0.1, 0.15) is 0 Å². The Morgan fingerprint density at radius 3 is 2.44 bits per heavy atom. The molecule has 1 aliphatic carbocycles. The molecule has 0 radical (unpaired) electrons. The maximum atomic E-state index is 6.44. The van der Waals surface area contributed by atoms with Gasteiger partial charge >= 0.3 is 0 Å². The summed E-state index contributed by atoms with van der Waals surface area (Å²) in [5.74, 6) is 0. The van der Waals surface area contributed by atoms with E-state index in [4.69, 9.17) is 10.5 Å². The second kappa shape index (κ2) is 4.98. The summed E-state index contributed by atoms with van der Waals surface area (Å²) in [6, 6.07) is 8.61. The molecule has 2 heteroatoms. The summed E-state index contributed by atoms with van der Waals surface area (Å²) in [4.78, 5) is 0. The molecule has 1 aliphatic rings. The van der Waals surface area contributed by atoms with Crippen LogP contribution in [0.15, 0.2) is 24.3 Å². The zero-order valence-corrected chi connectivity index (χ0v) is 10.0. The molecule has 2 nitrogen and oxygen atoms in total. The van der Waals surface area contributed by atoms with Gasteiger partial charge in [0.15, 0.2) is 0 Å². The normalized spacial score (nSPS) is 17.4. The summed E-state index contributed by atoms with van der Waals surface area (Å²) in [6.45, 7) is 3.67. The Morgan fingerprint density at radius 2 is 1.88 bits per heavy atom. The number of ether oxygens (including phenoxy) is 1. The Morgan fingerprint density at radius 1 is 1.25 bits per heavy atom. The van der Waals surface area contributed by atoms with E-state index in [2.05, 4.69) is 24.3 Å². The van der Waals surface area contributed by atoms with E-state index in [1.165, 1.54) is 11.1 Å². The van der Waals surface area contributed by atoms with E-state index < -0.39 is 0 Å². The fourth-order valence-corrected chi connectivity index (χ4v) is 2.57. The van der Waals surface area contributed by atoms with Crippen molar-refractivity contribution < 1.29 is 4.74 Å². The van der Waals surface area contributed by atoms with Crippen molar-refractivity contribution in [2.24, 2.45) is 5.73 Å². The third kappa shape index (κ3) is 2.63. The first-order chi connectivity index (χ1) is 7.73. The average molecular weight is 219 g/mol. The van der Waals surface area contributed by atoms with Crippen molar-refractivity contribution in [3.8, 4) is 0 Å². The molecule has 0 fully saturated rings. The zero-order chi connectivity index (χ0) is 11.4. The summed E-state index contributed by atoms with van der Waals surface area (Å²) in [6.07, 6.45) is 4.17. The van der Waals surface area contributed by atoms with Crippen LogP contribution in [0, 0.1) is 0 Å². The molecule has 1 aromatic rings. The SMILES string of the molecule is CCOCCCC1(N)Cc2ccccc2C1. The van der Waals surface area contributed by atoms with Crippen LogP contribution in [0.1, 0.15) is 30.9 Å².